The molecule has 0 saturated carbocycles. The van der Waals surface area contributed by atoms with Gasteiger partial charge in [0.2, 0.25) is 0 Å². The van der Waals surface area contributed by atoms with Crippen molar-refractivity contribution in [1.29, 1.82) is 0 Å². The Hall–Kier alpha value is -2.53. The number of methoxy groups -OCH3 is 1. The molecule has 2 aliphatic rings. The summed E-state index contributed by atoms with van der Waals surface area (Å²) in [5.41, 5.74) is 4.04. The quantitative estimate of drug-likeness (QED) is 0.773. The number of urea groups is 1. The van der Waals surface area contributed by atoms with Crippen LogP contribution in [0.15, 0.2) is 48.5 Å². The molecule has 30 heavy (non-hydrogen) atoms. The molecule has 160 valence electrons. The van der Waals surface area contributed by atoms with Crippen LogP contribution in [0.4, 0.5) is 4.79 Å². The SMILES string of the molecule is CCC(CNC(=O)N1CCCC1c1cccc(OC)c1)N1CCc2ccccc2C1. The average Bonchev–Trinajstić information content (AvgIpc) is 3.29. The number of carbonyl (C=O) groups excluding carboxylic acids is 1. The van der Waals surface area contributed by atoms with Crippen LogP contribution in [0.2, 0.25) is 0 Å². The molecule has 0 radical (unpaired) electrons. The van der Waals surface area contributed by atoms with Crippen LogP contribution in [-0.4, -0.2) is 48.6 Å². The van der Waals surface area contributed by atoms with E-state index in [0.29, 0.717) is 12.6 Å². The highest BCUT2D eigenvalue weighted by molar-refractivity contribution is 5.75. The predicted octanol–water partition coefficient (Wildman–Crippen LogP) is 4.38. The summed E-state index contributed by atoms with van der Waals surface area (Å²) >= 11 is 0. The smallest absolute Gasteiger partial charge is 0.317 e. The second kappa shape index (κ2) is 9.52. The molecule has 5 nitrogen and oxygen atoms in total. The molecule has 0 bridgehead atoms. The van der Waals surface area contributed by atoms with E-state index in [1.54, 1.807) is 7.11 Å². The summed E-state index contributed by atoms with van der Waals surface area (Å²) in [4.78, 5) is 17.6. The maximum atomic E-state index is 13.1. The number of hydrogen-bond acceptors (Lipinski definition) is 3. The maximum absolute atomic E-state index is 13.1. The van der Waals surface area contributed by atoms with Crippen LogP contribution in [0, 0.1) is 0 Å². The molecule has 2 atom stereocenters. The number of rotatable bonds is 6. The zero-order valence-corrected chi connectivity index (χ0v) is 18.1. The zero-order chi connectivity index (χ0) is 20.9. The van der Waals surface area contributed by atoms with Gasteiger partial charge < -0.3 is 15.0 Å². The van der Waals surface area contributed by atoms with Gasteiger partial charge in [-0.3, -0.25) is 4.90 Å². The number of nitrogens with one attached hydrogen (secondary N) is 1. The van der Waals surface area contributed by atoms with Gasteiger partial charge in [-0.1, -0.05) is 43.3 Å². The van der Waals surface area contributed by atoms with Gasteiger partial charge in [0.15, 0.2) is 0 Å². The second-order valence-corrected chi connectivity index (χ2v) is 8.37. The standard InChI is InChI=1S/C25H33N3O2/c1-3-22(27-15-13-19-8-4-5-9-21(19)18-27)17-26-25(29)28-14-7-12-24(28)20-10-6-11-23(16-20)30-2/h4-6,8-11,16,22,24H,3,7,12-15,17-18H2,1-2H3,(H,26,29). The van der Waals surface area contributed by atoms with Crippen molar-refractivity contribution in [1.82, 2.24) is 15.1 Å². The third-order valence-electron chi connectivity index (χ3n) is 6.63. The Morgan fingerprint density at radius 2 is 2.00 bits per heavy atom. The Morgan fingerprint density at radius 1 is 1.17 bits per heavy atom. The monoisotopic (exact) mass is 407 g/mol. The first-order valence-electron chi connectivity index (χ1n) is 11.2. The van der Waals surface area contributed by atoms with E-state index in [9.17, 15) is 4.79 Å². The van der Waals surface area contributed by atoms with Crippen LogP contribution in [0.3, 0.4) is 0 Å². The van der Waals surface area contributed by atoms with Crippen LogP contribution < -0.4 is 10.1 Å². The number of fused-ring (bicyclic) bond motifs is 1. The summed E-state index contributed by atoms with van der Waals surface area (Å²) < 4.78 is 5.37. The minimum Gasteiger partial charge on any atom is -0.497 e. The lowest BCUT2D eigenvalue weighted by molar-refractivity contribution is 0.159. The molecular formula is C25H33N3O2. The lowest BCUT2D eigenvalue weighted by Crippen LogP contribution is -2.48. The Kier molecular flexibility index (Phi) is 6.58. The van der Waals surface area contributed by atoms with Gasteiger partial charge in [0, 0.05) is 32.2 Å². The fraction of sp³-hybridized carbons (Fsp3) is 0.480. The zero-order valence-electron chi connectivity index (χ0n) is 18.1. The van der Waals surface area contributed by atoms with Crippen molar-refractivity contribution in [2.45, 2.75) is 51.2 Å². The average molecular weight is 408 g/mol. The minimum absolute atomic E-state index is 0.0520. The largest absolute Gasteiger partial charge is 0.497 e. The number of nitrogens with zero attached hydrogens (tertiary/aromatic N) is 2. The Morgan fingerprint density at radius 3 is 2.80 bits per heavy atom. The van der Waals surface area contributed by atoms with Crippen molar-refractivity contribution in [2.24, 2.45) is 0 Å². The molecule has 0 aromatic heterocycles. The fourth-order valence-corrected chi connectivity index (χ4v) is 4.87. The molecule has 1 N–H and O–H groups in total. The molecule has 4 rings (SSSR count). The molecule has 2 heterocycles. The van der Waals surface area contributed by atoms with E-state index in [0.717, 1.165) is 56.6 Å². The number of carbonyl (C=O) groups is 1. The van der Waals surface area contributed by atoms with Crippen molar-refractivity contribution in [3.8, 4) is 5.75 Å². The third kappa shape index (κ3) is 4.46. The van der Waals surface area contributed by atoms with E-state index in [1.165, 1.54) is 11.1 Å². The molecule has 1 fully saturated rings. The number of ether oxygens (including phenoxy) is 1. The van der Waals surface area contributed by atoms with Gasteiger partial charge >= 0.3 is 6.03 Å². The Balaban J connectivity index is 1.37. The van der Waals surface area contributed by atoms with Gasteiger partial charge in [-0.2, -0.15) is 0 Å². The first-order chi connectivity index (χ1) is 14.7. The van der Waals surface area contributed by atoms with E-state index >= 15 is 0 Å². The fourth-order valence-electron chi connectivity index (χ4n) is 4.87. The van der Waals surface area contributed by atoms with Crippen molar-refractivity contribution in [3.63, 3.8) is 0 Å². The van der Waals surface area contributed by atoms with Crippen LogP contribution in [-0.2, 0) is 13.0 Å². The number of likely N-dealkylation sites (tertiary alicyclic amines) is 1. The highest BCUT2D eigenvalue weighted by Crippen LogP contribution is 2.33. The van der Waals surface area contributed by atoms with E-state index in [4.69, 9.17) is 4.74 Å². The highest BCUT2D eigenvalue weighted by Gasteiger charge is 2.31. The van der Waals surface area contributed by atoms with E-state index in [2.05, 4.69) is 53.5 Å². The topological polar surface area (TPSA) is 44.8 Å². The normalized spacial score (nSPS) is 19.9. The van der Waals surface area contributed by atoms with Gasteiger partial charge in [-0.25, -0.2) is 4.79 Å². The molecule has 2 aliphatic heterocycles. The third-order valence-corrected chi connectivity index (χ3v) is 6.63. The molecule has 2 unspecified atom stereocenters. The second-order valence-electron chi connectivity index (χ2n) is 8.37. The summed E-state index contributed by atoms with van der Waals surface area (Å²) in [5, 5.41) is 3.24. The van der Waals surface area contributed by atoms with Crippen molar-refractivity contribution in [2.75, 3.05) is 26.7 Å². The van der Waals surface area contributed by atoms with Gasteiger partial charge in [-0.05, 0) is 54.5 Å². The summed E-state index contributed by atoms with van der Waals surface area (Å²) in [6, 6.07) is 17.4. The van der Waals surface area contributed by atoms with Gasteiger partial charge in [0.05, 0.1) is 13.2 Å². The molecular weight excluding hydrogens is 374 g/mol. The summed E-state index contributed by atoms with van der Waals surface area (Å²) in [6.45, 7) is 5.74. The van der Waals surface area contributed by atoms with Gasteiger partial charge in [0.25, 0.3) is 0 Å². The molecule has 0 spiro atoms. The lowest BCUT2D eigenvalue weighted by atomic mass is 9.98. The predicted molar refractivity (Wildman–Crippen MR) is 120 cm³/mol. The number of hydrogen-bond donors (Lipinski definition) is 1. The Labute approximate surface area is 180 Å². The highest BCUT2D eigenvalue weighted by atomic mass is 16.5. The Bertz CT molecular complexity index is 869. The molecule has 0 aliphatic carbocycles. The van der Waals surface area contributed by atoms with Gasteiger partial charge in [-0.15, -0.1) is 0 Å². The molecule has 2 amide bonds. The number of benzene rings is 2. The van der Waals surface area contributed by atoms with Crippen LogP contribution in [0.5, 0.6) is 5.75 Å². The van der Waals surface area contributed by atoms with Crippen molar-refractivity contribution < 1.29 is 9.53 Å². The molecule has 2 aromatic rings. The van der Waals surface area contributed by atoms with Crippen LogP contribution >= 0.6 is 0 Å². The maximum Gasteiger partial charge on any atom is 0.317 e. The van der Waals surface area contributed by atoms with Gasteiger partial charge in [0.1, 0.15) is 5.75 Å². The first kappa shape index (κ1) is 20.7. The first-order valence-corrected chi connectivity index (χ1v) is 11.2. The minimum atomic E-state index is 0.0520. The van der Waals surface area contributed by atoms with E-state index in [-0.39, 0.29) is 12.1 Å². The van der Waals surface area contributed by atoms with Crippen molar-refractivity contribution >= 4 is 6.03 Å². The summed E-state index contributed by atoms with van der Waals surface area (Å²) in [6.07, 6.45) is 4.16. The van der Waals surface area contributed by atoms with Crippen LogP contribution in [0.25, 0.3) is 0 Å². The van der Waals surface area contributed by atoms with Crippen molar-refractivity contribution in [3.05, 3.63) is 65.2 Å². The molecule has 1 saturated heterocycles. The van der Waals surface area contributed by atoms with Crippen LogP contribution in [0.1, 0.15) is 48.9 Å². The number of amides is 2. The van der Waals surface area contributed by atoms with E-state index in [1.807, 2.05) is 17.0 Å². The molecule has 2 aromatic carbocycles. The van der Waals surface area contributed by atoms with E-state index < -0.39 is 0 Å². The summed E-state index contributed by atoms with van der Waals surface area (Å²) in [7, 11) is 1.68. The summed E-state index contributed by atoms with van der Waals surface area (Å²) in [5.74, 6) is 0.844. The lowest BCUT2D eigenvalue weighted by Gasteiger charge is -2.36. The molecule has 5 heteroatoms.